The van der Waals surface area contributed by atoms with E-state index >= 15 is 0 Å². The lowest BCUT2D eigenvalue weighted by Gasteiger charge is -2.32. The topological polar surface area (TPSA) is 45.0 Å². The average Bonchev–Trinajstić information content (AvgIpc) is 2.83. The maximum absolute atomic E-state index is 11.3. The van der Waals surface area contributed by atoms with E-state index < -0.39 is 5.38 Å². The molecule has 0 aromatic heterocycles. The minimum absolute atomic E-state index is 0.336. The maximum atomic E-state index is 11.3. The van der Waals surface area contributed by atoms with Crippen molar-refractivity contribution in [1.29, 1.82) is 0 Å². The molecule has 0 aromatic rings. The Kier molecular flexibility index (Phi) is 2.06. The number of likely N-dealkylation sites (tertiary alicyclic amines) is 1. The van der Waals surface area contributed by atoms with Gasteiger partial charge in [-0.05, 0) is 25.2 Å². The smallest absolute Gasteiger partial charge is 0.288 e. The monoisotopic (exact) mass is 225 g/mol. The third-order valence-electron chi connectivity index (χ3n) is 3.56. The van der Waals surface area contributed by atoms with Crippen LogP contribution in [-0.4, -0.2) is 28.8 Å². The molecule has 15 heavy (non-hydrogen) atoms. The molecule has 0 aromatic carbocycles. The van der Waals surface area contributed by atoms with E-state index in [0.29, 0.717) is 6.04 Å². The van der Waals surface area contributed by atoms with Gasteiger partial charge in [-0.1, -0.05) is 0 Å². The summed E-state index contributed by atoms with van der Waals surface area (Å²) in [4.78, 5) is 13.6. The zero-order valence-electron chi connectivity index (χ0n) is 8.27. The second-order valence-corrected chi connectivity index (χ2v) is 4.89. The lowest BCUT2D eigenvalue weighted by molar-refractivity contribution is -0.117. The van der Waals surface area contributed by atoms with Crippen molar-refractivity contribution in [2.75, 3.05) is 6.54 Å². The summed E-state index contributed by atoms with van der Waals surface area (Å²) < 4.78 is 0. The Morgan fingerprint density at radius 1 is 1.47 bits per heavy atom. The molecule has 1 saturated heterocycles. The zero-order chi connectivity index (χ0) is 10.4. The van der Waals surface area contributed by atoms with Crippen molar-refractivity contribution < 1.29 is 4.79 Å². The summed E-state index contributed by atoms with van der Waals surface area (Å²) in [5.74, 6) is 0.450. The van der Waals surface area contributed by atoms with Gasteiger partial charge in [-0.3, -0.25) is 4.79 Å². The molecule has 5 heteroatoms. The molecule has 4 nitrogen and oxygen atoms in total. The minimum atomic E-state index is -0.623. The third kappa shape index (κ3) is 1.39. The zero-order valence-corrected chi connectivity index (χ0v) is 9.02. The fraction of sp³-hybridized carbons (Fsp3) is 0.700. The normalized spacial score (nSPS) is 38.7. The van der Waals surface area contributed by atoms with Crippen LogP contribution in [-0.2, 0) is 4.79 Å². The molecule has 3 atom stereocenters. The van der Waals surface area contributed by atoms with Crippen molar-refractivity contribution in [2.45, 2.75) is 30.7 Å². The van der Waals surface area contributed by atoms with Crippen LogP contribution >= 0.6 is 11.6 Å². The van der Waals surface area contributed by atoms with Gasteiger partial charge in [-0.15, -0.1) is 16.7 Å². The molecule has 3 rings (SSSR count). The number of amides is 1. The summed E-state index contributed by atoms with van der Waals surface area (Å²) >= 11 is 6.04. The van der Waals surface area contributed by atoms with Crippen LogP contribution in [0.25, 0.3) is 0 Å². The summed E-state index contributed by atoms with van der Waals surface area (Å²) in [6.45, 7) is 1.03. The Labute approximate surface area is 93.0 Å². The highest BCUT2D eigenvalue weighted by Crippen LogP contribution is 2.41. The summed E-state index contributed by atoms with van der Waals surface area (Å²) in [7, 11) is 0. The highest BCUT2D eigenvalue weighted by Gasteiger charge is 2.41. The van der Waals surface area contributed by atoms with Gasteiger partial charge >= 0.3 is 0 Å². The van der Waals surface area contributed by atoms with E-state index in [9.17, 15) is 4.79 Å². The van der Waals surface area contributed by atoms with Gasteiger partial charge in [0.1, 0.15) is 0 Å². The Morgan fingerprint density at radius 3 is 3.00 bits per heavy atom. The largest absolute Gasteiger partial charge is 0.369 e. The van der Waals surface area contributed by atoms with Crippen molar-refractivity contribution in [3.8, 4) is 0 Å². The van der Waals surface area contributed by atoms with Gasteiger partial charge in [0.2, 0.25) is 0 Å². The number of azo groups is 1. The second-order valence-electron chi connectivity index (χ2n) is 4.46. The first-order chi connectivity index (χ1) is 7.25. The number of alkyl halides is 1. The molecule has 0 radical (unpaired) electrons. The van der Waals surface area contributed by atoms with Crippen molar-refractivity contribution in [3.05, 3.63) is 11.9 Å². The summed E-state index contributed by atoms with van der Waals surface area (Å²) in [6.07, 6.45) is 5.42. The molecule has 80 valence electrons. The standard InChI is InChI=1S/C10H12ClN3O/c11-9-8(4-12-13-10(9)15)14-5-6-1-2-7(14)3-6/h4,6-7,9H,1-3,5H2. The number of halogens is 1. The number of hydrogen-bond acceptors (Lipinski definition) is 3. The predicted octanol–water partition coefficient (Wildman–Crippen LogP) is 1.91. The van der Waals surface area contributed by atoms with Gasteiger partial charge in [0.25, 0.3) is 5.91 Å². The molecule has 1 aliphatic carbocycles. The van der Waals surface area contributed by atoms with Crippen LogP contribution in [0.1, 0.15) is 19.3 Å². The molecular weight excluding hydrogens is 214 g/mol. The molecule has 1 amide bonds. The van der Waals surface area contributed by atoms with Crippen LogP contribution in [0.4, 0.5) is 0 Å². The number of piperidine rings is 1. The fourth-order valence-corrected chi connectivity index (χ4v) is 3.07. The van der Waals surface area contributed by atoms with Gasteiger partial charge < -0.3 is 4.90 Å². The predicted molar refractivity (Wildman–Crippen MR) is 55.4 cm³/mol. The van der Waals surface area contributed by atoms with E-state index in [1.165, 1.54) is 19.3 Å². The average molecular weight is 226 g/mol. The van der Waals surface area contributed by atoms with Crippen LogP contribution in [0.15, 0.2) is 22.1 Å². The Morgan fingerprint density at radius 2 is 2.33 bits per heavy atom. The van der Waals surface area contributed by atoms with Gasteiger partial charge in [0.05, 0.1) is 11.9 Å². The van der Waals surface area contributed by atoms with Crippen LogP contribution in [0.3, 0.4) is 0 Å². The molecule has 2 bridgehead atoms. The SMILES string of the molecule is O=C1N=NC=C(N2CC3CCC2C3)C1Cl. The molecule has 3 unspecified atom stereocenters. The number of rotatable bonds is 1. The van der Waals surface area contributed by atoms with Crippen LogP contribution < -0.4 is 0 Å². The number of hydrogen-bond donors (Lipinski definition) is 0. The molecule has 2 heterocycles. The van der Waals surface area contributed by atoms with Crippen LogP contribution in [0, 0.1) is 5.92 Å². The molecule has 3 aliphatic rings. The van der Waals surface area contributed by atoms with Gasteiger partial charge in [0.15, 0.2) is 5.38 Å². The number of nitrogens with zero attached hydrogens (tertiary/aromatic N) is 3. The molecule has 2 aliphatic heterocycles. The van der Waals surface area contributed by atoms with E-state index in [1.807, 2.05) is 0 Å². The first kappa shape index (κ1) is 9.33. The number of carbonyl (C=O) groups is 1. The van der Waals surface area contributed by atoms with Crippen molar-refractivity contribution in [3.63, 3.8) is 0 Å². The van der Waals surface area contributed by atoms with E-state index in [0.717, 1.165) is 18.2 Å². The van der Waals surface area contributed by atoms with Gasteiger partial charge in [-0.2, -0.15) is 5.11 Å². The van der Waals surface area contributed by atoms with Gasteiger partial charge in [0, 0.05) is 12.6 Å². The highest BCUT2D eigenvalue weighted by molar-refractivity contribution is 6.33. The quantitative estimate of drug-likeness (QED) is 0.640. The summed E-state index contributed by atoms with van der Waals surface area (Å²) in [5, 5.41) is 6.53. The number of carbonyl (C=O) groups excluding carboxylic acids is 1. The maximum Gasteiger partial charge on any atom is 0.288 e. The molecule has 2 fully saturated rings. The Hall–Kier alpha value is -0.900. The fourth-order valence-electron chi connectivity index (χ4n) is 2.85. The minimum Gasteiger partial charge on any atom is -0.369 e. The molecule has 0 spiro atoms. The van der Waals surface area contributed by atoms with Crippen molar-refractivity contribution in [2.24, 2.45) is 16.1 Å². The summed E-state index contributed by atoms with van der Waals surface area (Å²) in [6, 6.07) is 0.573. The van der Waals surface area contributed by atoms with E-state index in [-0.39, 0.29) is 5.91 Å². The summed E-state index contributed by atoms with van der Waals surface area (Å²) in [5.41, 5.74) is 0.851. The van der Waals surface area contributed by atoms with E-state index in [1.54, 1.807) is 6.20 Å². The van der Waals surface area contributed by atoms with Gasteiger partial charge in [-0.25, -0.2) is 0 Å². The molecular formula is C10H12ClN3O. The first-order valence-electron chi connectivity index (χ1n) is 5.31. The van der Waals surface area contributed by atoms with Crippen molar-refractivity contribution in [1.82, 2.24) is 4.90 Å². The molecule has 0 N–H and O–H groups in total. The Balaban J connectivity index is 1.85. The van der Waals surface area contributed by atoms with E-state index in [2.05, 4.69) is 15.1 Å². The highest BCUT2D eigenvalue weighted by atomic mass is 35.5. The lowest BCUT2D eigenvalue weighted by atomic mass is 10.1. The number of fused-ring (bicyclic) bond motifs is 2. The third-order valence-corrected chi connectivity index (χ3v) is 3.97. The lowest BCUT2D eigenvalue weighted by Crippen LogP contribution is -2.37. The first-order valence-corrected chi connectivity index (χ1v) is 5.75. The molecule has 1 saturated carbocycles. The van der Waals surface area contributed by atoms with Crippen LogP contribution in [0.2, 0.25) is 0 Å². The second kappa shape index (κ2) is 3.30. The van der Waals surface area contributed by atoms with E-state index in [4.69, 9.17) is 11.6 Å². The Bertz CT molecular complexity index is 366. The van der Waals surface area contributed by atoms with Crippen LogP contribution in [0.5, 0.6) is 0 Å². The van der Waals surface area contributed by atoms with Crippen molar-refractivity contribution >= 4 is 17.5 Å².